The van der Waals surface area contributed by atoms with Crippen LogP contribution < -0.4 is 9.47 Å². The summed E-state index contributed by atoms with van der Waals surface area (Å²) in [5.41, 5.74) is 2.15. The van der Waals surface area contributed by atoms with Gasteiger partial charge in [-0.1, -0.05) is 22.0 Å². The smallest absolute Gasteiger partial charge is 0.130 e. The summed E-state index contributed by atoms with van der Waals surface area (Å²) in [6.07, 6.45) is 0. The second-order valence-electron chi connectivity index (χ2n) is 3.93. The van der Waals surface area contributed by atoms with Crippen molar-refractivity contribution in [1.82, 2.24) is 0 Å². The molecule has 0 saturated carbocycles. The molecule has 0 amide bonds. The predicted molar refractivity (Wildman–Crippen MR) is 65.7 cm³/mol. The van der Waals surface area contributed by atoms with Crippen LogP contribution in [0.25, 0.3) is 0 Å². The summed E-state index contributed by atoms with van der Waals surface area (Å²) in [6, 6.07) is 4.00. The van der Waals surface area contributed by atoms with Crippen LogP contribution in [0.5, 0.6) is 11.5 Å². The van der Waals surface area contributed by atoms with Gasteiger partial charge in [0.05, 0.1) is 27.4 Å². The zero-order chi connectivity index (χ0) is 11.8. The average molecular weight is 287 g/mol. The monoisotopic (exact) mass is 286 g/mol. The molecule has 1 aromatic rings. The van der Waals surface area contributed by atoms with Gasteiger partial charge in [0, 0.05) is 11.1 Å². The number of alkyl halides is 1. The van der Waals surface area contributed by atoms with E-state index in [1.807, 2.05) is 19.1 Å². The maximum Gasteiger partial charge on any atom is 0.130 e. The molecule has 0 aliphatic carbocycles. The second-order valence-corrected chi connectivity index (χ2v) is 5.45. The molecule has 1 saturated heterocycles. The molecule has 0 N–H and O–H groups in total. The molecule has 0 spiro atoms. The second kappa shape index (κ2) is 4.26. The zero-order valence-electron chi connectivity index (χ0n) is 9.67. The van der Waals surface area contributed by atoms with Crippen molar-refractivity contribution < 1.29 is 14.2 Å². The van der Waals surface area contributed by atoms with E-state index in [1.54, 1.807) is 14.2 Å². The topological polar surface area (TPSA) is 27.7 Å². The molecule has 88 valence electrons. The molecule has 0 aromatic heterocycles. The van der Waals surface area contributed by atoms with Crippen LogP contribution in [-0.4, -0.2) is 27.4 Å². The van der Waals surface area contributed by atoms with Gasteiger partial charge in [0.2, 0.25) is 0 Å². The minimum absolute atomic E-state index is 0.102. The van der Waals surface area contributed by atoms with E-state index in [9.17, 15) is 0 Å². The Kier molecular flexibility index (Phi) is 3.13. The third-order valence-electron chi connectivity index (χ3n) is 2.92. The highest BCUT2D eigenvalue weighted by molar-refractivity contribution is 9.09. The van der Waals surface area contributed by atoms with Crippen molar-refractivity contribution in [3.63, 3.8) is 0 Å². The lowest BCUT2D eigenvalue weighted by molar-refractivity contribution is -0.00794. The SMILES string of the molecule is COc1ccc(C2(Br)COC2)c(OC)c1C. The molecule has 0 radical (unpaired) electrons. The number of halogens is 1. The van der Waals surface area contributed by atoms with E-state index < -0.39 is 0 Å². The molecule has 1 fully saturated rings. The van der Waals surface area contributed by atoms with Crippen molar-refractivity contribution in [2.24, 2.45) is 0 Å². The standard InChI is InChI=1S/C12H15BrO3/c1-8-10(14-2)5-4-9(11(8)15-3)12(13)6-16-7-12/h4-5H,6-7H2,1-3H3. The Bertz CT molecular complexity index is 399. The van der Waals surface area contributed by atoms with Gasteiger partial charge in [0.1, 0.15) is 15.8 Å². The lowest BCUT2D eigenvalue weighted by atomic mass is 9.94. The number of hydrogen-bond donors (Lipinski definition) is 0. The highest BCUT2D eigenvalue weighted by atomic mass is 79.9. The normalized spacial score (nSPS) is 17.8. The van der Waals surface area contributed by atoms with Crippen molar-refractivity contribution in [3.05, 3.63) is 23.3 Å². The van der Waals surface area contributed by atoms with Crippen LogP contribution in [0.1, 0.15) is 11.1 Å². The molecule has 1 aliphatic heterocycles. The van der Waals surface area contributed by atoms with E-state index >= 15 is 0 Å². The third-order valence-corrected chi connectivity index (χ3v) is 3.81. The molecule has 16 heavy (non-hydrogen) atoms. The van der Waals surface area contributed by atoms with Crippen molar-refractivity contribution in [1.29, 1.82) is 0 Å². The maximum absolute atomic E-state index is 5.48. The first kappa shape index (κ1) is 11.7. The van der Waals surface area contributed by atoms with E-state index in [0.29, 0.717) is 13.2 Å². The first-order chi connectivity index (χ1) is 7.62. The maximum atomic E-state index is 5.48. The zero-order valence-corrected chi connectivity index (χ0v) is 11.3. The summed E-state index contributed by atoms with van der Waals surface area (Å²) in [5, 5.41) is 0. The fourth-order valence-electron chi connectivity index (χ4n) is 1.95. The number of ether oxygens (including phenoxy) is 3. The van der Waals surface area contributed by atoms with Crippen molar-refractivity contribution >= 4 is 15.9 Å². The third kappa shape index (κ3) is 1.70. The van der Waals surface area contributed by atoms with E-state index in [2.05, 4.69) is 15.9 Å². The van der Waals surface area contributed by atoms with Crippen molar-refractivity contribution in [2.45, 2.75) is 11.2 Å². The molecule has 0 unspecified atom stereocenters. The molecular weight excluding hydrogens is 272 g/mol. The van der Waals surface area contributed by atoms with Gasteiger partial charge in [0.25, 0.3) is 0 Å². The van der Waals surface area contributed by atoms with Crippen LogP contribution in [-0.2, 0) is 9.06 Å². The van der Waals surface area contributed by atoms with Crippen LogP contribution in [0.3, 0.4) is 0 Å². The van der Waals surface area contributed by atoms with Gasteiger partial charge in [-0.25, -0.2) is 0 Å². The van der Waals surface area contributed by atoms with Crippen LogP contribution in [0.15, 0.2) is 12.1 Å². The molecule has 0 atom stereocenters. The van der Waals surface area contributed by atoms with Gasteiger partial charge in [-0.3, -0.25) is 0 Å². The summed E-state index contributed by atoms with van der Waals surface area (Å²) >= 11 is 3.70. The molecule has 1 aliphatic rings. The quantitative estimate of drug-likeness (QED) is 0.800. The Morgan fingerprint density at radius 3 is 2.38 bits per heavy atom. The van der Waals surface area contributed by atoms with E-state index in [0.717, 1.165) is 22.6 Å². The fraction of sp³-hybridized carbons (Fsp3) is 0.500. The number of hydrogen-bond acceptors (Lipinski definition) is 3. The van der Waals surface area contributed by atoms with E-state index in [1.165, 1.54) is 0 Å². The largest absolute Gasteiger partial charge is 0.496 e. The number of rotatable bonds is 3. The molecular formula is C12H15BrO3. The van der Waals surface area contributed by atoms with Gasteiger partial charge < -0.3 is 14.2 Å². The molecule has 1 heterocycles. The summed E-state index contributed by atoms with van der Waals surface area (Å²) < 4.78 is 15.9. The first-order valence-electron chi connectivity index (χ1n) is 5.11. The molecule has 0 bridgehead atoms. The first-order valence-corrected chi connectivity index (χ1v) is 5.90. The lowest BCUT2D eigenvalue weighted by Crippen LogP contribution is -2.41. The summed E-state index contributed by atoms with van der Waals surface area (Å²) in [4.78, 5) is 0. The highest BCUT2D eigenvalue weighted by Gasteiger charge is 2.40. The Balaban J connectivity index is 2.50. The van der Waals surface area contributed by atoms with Gasteiger partial charge in [-0.2, -0.15) is 0 Å². The highest BCUT2D eigenvalue weighted by Crippen LogP contribution is 2.45. The van der Waals surface area contributed by atoms with Crippen LogP contribution in [0, 0.1) is 6.92 Å². The minimum Gasteiger partial charge on any atom is -0.496 e. The minimum atomic E-state index is -0.102. The van der Waals surface area contributed by atoms with Crippen molar-refractivity contribution in [2.75, 3.05) is 27.4 Å². The molecule has 3 nitrogen and oxygen atoms in total. The van der Waals surface area contributed by atoms with Crippen LogP contribution in [0.4, 0.5) is 0 Å². The van der Waals surface area contributed by atoms with Crippen LogP contribution >= 0.6 is 15.9 Å². The molecule has 4 heteroatoms. The lowest BCUT2D eigenvalue weighted by Gasteiger charge is -2.37. The van der Waals surface area contributed by atoms with Crippen LogP contribution in [0.2, 0.25) is 0 Å². The Hall–Kier alpha value is -0.740. The average Bonchev–Trinajstić information content (AvgIpc) is 2.25. The van der Waals surface area contributed by atoms with Gasteiger partial charge in [-0.15, -0.1) is 0 Å². The Labute approximate surface area is 104 Å². The predicted octanol–water partition coefficient (Wildman–Crippen LogP) is 2.63. The number of methoxy groups -OCH3 is 2. The van der Waals surface area contributed by atoms with Gasteiger partial charge in [-0.05, 0) is 13.0 Å². The Morgan fingerprint density at radius 2 is 1.94 bits per heavy atom. The summed E-state index contributed by atoms with van der Waals surface area (Å²) in [7, 11) is 3.35. The number of benzene rings is 1. The van der Waals surface area contributed by atoms with Gasteiger partial charge in [0.15, 0.2) is 0 Å². The summed E-state index contributed by atoms with van der Waals surface area (Å²) in [6.45, 7) is 3.35. The fourth-order valence-corrected chi connectivity index (χ4v) is 2.58. The van der Waals surface area contributed by atoms with Crippen molar-refractivity contribution in [3.8, 4) is 11.5 Å². The molecule has 1 aromatic carbocycles. The van der Waals surface area contributed by atoms with E-state index in [4.69, 9.17) is 14.2 Å². The van der Waals surface area contributed by atoms with E-state index in [-0.39, 0.29) is 4.32 Å². The summed E-state index contributed by atoms with van der Waals surface area (Å²) in [5.74, 6) is 1.72. The Morgan fingerprint density at radius 1 is 1.25 bits per heavy atom. The van der Waals surface area contributed by atoms with Gasteiger partial charge >= 0.3 is 0 Å². The molecule has 2 rings (SSSR count).